The number of hydrogen-bond acceptors (Lipinski definition) is 4. The maximum absolute atomic E-state index is 12.4. The number of likely N-dealkylation sites (tertiary alicyclic amines) is 1. The van der Waals surface area contributed by atoms with E-state index in [-0.39, 0.29) is 23.6 Å². The summed E-state index contributed by atoms with van der Waals surface area (Å²) in [5.74, 6) is -0.0155. The first-order chi connectivity index (χ1) is 11.5. The van der Waals surface area contributed by atoms with E-state index < -0.39 is 0 Å². The van der Waals surface area contributed by atoms with Gasteiger partial charge in [-0.3, -0.25) is 14.5 Å². The van der Waals surface area contributed by atoms with E-state index in [1.807, 2.05) is 43.0 Å². The Kier molecular flexibility index (Phi) is 4.69. The van der Waals surface area contributed by atoms with Crippen molar-refractivity contribution in [3.63, 3.8) is 0 Å². The van der Waals surface area contributed by atoms with E-state index in [2.05, 4.69) is 10.3 Å². The number of hydrogen-bond donors (Lipinski definition) is 3. The van der Waals surface area contributed by atoms with Crippen molar-refractivity contribution in [1.29, 1.82) is 0 Å². The van der Waals surface area contributed by atoms with Gasteiger partial charge in [0, 0.05) is 36.8 Å². The fourth-order valence-electron chi connectivity index (χ4n) is 3.37. The number of rotatable bonds is 4. The summed E-state index contributed by atoms with van der Waals surface area (Å²) in [5, 5.41) is 3.85. The summed E-state index contributed by atoms with van der Waals surface area (Å²) in [4.78, 5) is 29.6. The predicted octanol–water partition coefficient (Wildman–Crippen LogP) is 0.874. The molecule has 1 aliphatic heterocycles. The van der Waals surface area contributed by atoms with Crippen LogP contribution in [0.25, 0.3) is 10.9 Å². The smallest absolute Gasteiger partial charge is 0.252 e. The maximum Gasteiger partial charge on any atom is 0.252 e. The molecule has 2 aromatic rings. The molecule has 3 rings (SSSR count). The van der Waals surface area contributed by atoms with E-state index in [1.165, 1.54) is 0 Å². The van der Waals surface area contributed by atoms with E-state index in [4.69, 9.17) is 5.73 Å². The largest absolute Gasteiger partial charge is 0.355 e. The number of fused-ring (bicyclic) bond motifs is 1. The molecule has 128 valence electrons. The molecule has 0 radical (unpaired) electrons. The molecule has 1 saturated heterocycles. The van der Waals surface area contributed by atoms with Crippen LogP contribution in [-0.2, 0) is 11.3 Å². The van der Waals surface area contributed by atoms with E-state index in [0.29, 0.717) is 31.6 Å². The number of aromatic amines is 1. The summed E-state index contributed by atoms with van der Waals surface area (Å²) in [6.45, 7) is 5.53. The third-order valence-corrected chi connectivity index (χ3v) is 4.54. The van der Waals surface area contributed by atoms with Crippen molar-refractivity contribution in [2.45, 2.75) is 38.9 Å². The fraction of sp³-hybridized carbons (Fsp3) is 0.444. The highest BCUT2D eigenvalue weighted by atomic mass is 16.2. The topological polar surface area (TPSA) is 91.2 Å². The van der Waals surface area contributed by atoms with Gasteiger partial charge in [-0.2, -0.15) is 0 Å². The fourth-order valence-corrected chi connectivity index (χ4v) is 3.37. The standard InChI is InChI=1S/C18H24N4O2/c1-3-20-18(24)16-8-14(19)10-22(16)9-13-7-12-5-4-11(2)6-15(12)21-17(13)23/h4-7,14,16H,3,8-10,19H2,1-2H3,(H,20,24)(H,21,23)/t14-,16-/m0/s1. The highest BCUT2D eigenvalue weighted by Crippen LogP contribution is 2.20. The number of amides is 1. The SMILES string of the molecule is CCNC(=O)[C@@H]1C[C@H](N)CN1Cc1cc2ccc(C)cc2[nH]c1=O. The van der Waals surface area contributed by atoms with Crippen LogP contribution in [0.5, 0.6) is 0 Å². The van der Waals surface area contributed by atoms with Gasteiger partial charge in [-0.25, -0.2) is 0 Å². The maximum atomic E-state index is 12.4. The van der Waals surface area contributed by atoms with Crippen LogP contribution in [0, 0.1) is 6.92 Å². The molecule has 6 heteroatoms. The van der Waals surface area contributed by atoms with Crippen molar-refractivity contribution in [3.8, 4) is 0 Å². The van der Waals surface area contributed by atoms with Gasteiger partial charge in [0.15, 0.2) is 0 Å². The van der Waals surface area contributed by atoms with Crippen LogP contribution < -0.4 is 16.6 Å². The second-order valence-electron chi connectivity index (χ2n) is 6.55. The molecule has 0 aliphatic carbocycles. The third kappa shape index (κ3) is 3.34. The summed E-state index contributed by atoms with van der Waals surface area (Å²) in [6.07, 6.45) is 0.622. The zero-order valence-corrected chi connectivity index (χ0v) is 14.1. The van der Waals surface area contributed by atoms with Crippen molar-refractivity contribution < 1.29 is 4.79 Å². The molecule has 0 spiro atoms. The molecule has 24 heavy (non-hydrogen) atoms. The lowest BCUT2D eigenvalue weighted by Crippen LogP contribution is -2.43. The predicted molar refractivity (Wildman–Crippen MR) is 94.8 cm³/mol. The summed E-state index contributed by atoms with van der Waals surface area (Å²) in [7, 11) is 0. The number of H-pyrrole nitrogens is 1. The van der Waals surface area contributed by atoms with Crippen molar-refractivity contribution >= 4 is 16.8 Å². The summed E-state index contributed by atoms with van der Waals surface area (Å²) < 4.78 is 0. The molecule has 0 bridgehead atoms. The normalized spacial score (nSPS) is 21.3. The second-order valence-corrected chi connectivity index (χ2v) is 6.55. The van der Waals surface area contributed by atoms with Gasteiger partial charge in [0.05, 0.1) is 6.04 Å². The molecule has 0 saturated carbocycles. The van der Waals surface area contributed by atoms with Gasteiger partial charge in [-0.05, 0) is 43.4 Å². The number of nitrogens with two attached hydrogens (primary N) is 1. The Labute approximate surface area is 141 Å². The van der Waals surface area contributed by atoms with Crippen LogP contribution in [0.15, 0.2) is 29.1 Å². The molecular formula is C18H24N4O2. The lowest BCUT2D eigenvalue weighted by Gasteiger charge is -2.23. The average Bonchev–Trinajstić information content (AvgIpc) is 2.89. The molecule has 1 fully saturated rings. The Bertz CT molecular complexity index is 814. The van der Waals surface area contributed by atoms with Crippen molar-refractivity contribution in [3.05, 3.63) is 45.7 Å². The van der Waals surface area contributed by atoms with Crippen molar-refractivity contribution in [2.24, 2.45) is 5.73 Å². The molecule has 1 aromatic heterocycles. The van der Waals surface area contributed by atoms with Crippen LogP contribution >= 0.6 is 0 Å². The van der Waals surface area contributed by atoms with Gasteiger partial charge in [0.1, 0.15) is 0 Å². The Hall–Kier alpha value is -2.18. The van der Waals surface area contributed by atoms with Gasteiger partial charge in [-0.15, -0.1) is 0 Å². The minimum absolute atomic E-state index is 0.0155. The monoisotopic (exact) mass is 328 g/mol. The molecule has 2 atom stereocenters. The summed E-state index contributed by atoms with van der Waals surface area (Å²) >= 11 is 0. The van der Waals surface area contributed by atoms with Crippen LogP contribution in [-0.4, -0.2) is 41.0 Å². The number of carbonyl (C=O) groups is 1. The summed E-state index contributed by atoms with van der Waals surface area (Å²) in [5.41, 5.74) is 8.53. The molecule has 1 aliphatic rings. The van der Waals surface area contributed by atoms with Gasteiger partial charge in [0.2, 0.25) is 5.91 Å². The molecule has 1 amide bonds. The van der Waals surface area contributed by atoms with Gasteiger partial charge < -0.3 is 16.0 Å². The second kappa shape index (κ2) is 6.75. The van der Waals surface area contributed by atoms with Crippen LogP contribution in [0.3, 0.4) is 0 Å². The number of benzene rings is 1. The van der Waals surface area contributed by atoms with E-state index in [1.54, 1.807) is 0 Å². The Morgan fingerprint density at radius 3 is 2.96 bits per heavy atom. The zero-order valence-electron chi connectivity index (χ0n) is 14.1. The first kappa shape index (κ1) is 16.7. The molecular weight excluding hydrogens is 304 g/mol. The highest BCUT2D eigenvalue weighted by molar-refractivity contribution is 5.82. The molecule has 1 aromatic carbocycles. The van der Waals surface area contributed by atoms with Gasteiger partial charge in [0.25, 0.3) is 5.56 Å². The lowest BCUT2D eigenvalue weighted by atomic mass is 10.1. The summed E-state index contributed by atoms with van der Waals surface area (Å²) in [6, 6.07) is 7.58. The molecule has 0 unspecified atom stereocenters. The quantitative estimate of drug-likeness (QED) is 0.777. The zero-order chi connectivity index (χ0) is 17.3. The Morgan fingerprint density at radius 1 is 1.42 bits per heavy atom. The Morgan fingerprint density at radius 2 is 2.21 bits per heavy atom. The lowest BCUT2D eigenvalue weighted by molar-refractivity contribution is -0.125. The third-order valence-electron chi connectivity index (χ3n) is 4.54. The number of likely N-dealkylation sites (N-methyl/N-ethyl adjacent to an activating group) is 1. The number of nitrogens with one attached hydrogen (secondary N) is 2. The Balaban J connectivity index is 1.88. The number of aryl methyl sites for hydroxylation is 1. The van der Waals surface area contributed by atoms with Crippen LogP contribution in [0.1, 0.15) is 24.5 Å². The van der Waals surface area contributed by atoms with Crippen LogP contribution in [0.4, 0.5) is 0 Å². The molecule has 6 nitrogen and oxygen atoms in total. The van der Waals surface area contributed by atoms with Crippen molar-refractivity contribution in [1.82, 2.24) is 15.2 Å². The minimum Gasteiger partial charge on any atom is -0.355 e. The first-order valence-corrected chi connectivity index (χ1v) is 8.38. The first-order valence-electron chi connectivity index (χ1n) is 8.38. The van der Waals surface area contributed by atoms with E-state index in [0.717, 1.165) is 16.5 Å². The minimum atomic E-state index is -0.270. The number of carbonyl (C=O) groups excluding carboxylic acids is 1. The number of aromatic nitrogens is 1. The molecule has 2 heterocycles. The average molecular weight is 328 g/mol. The number of pyridine rings is 1. The van der Waals surface area contributed by atoms with E-state index >= 15 is 0 Å². The van der Waals surface area contributed by atoms with Gasteiger partial charge in [-0.1, -0.05) is 12.1 Å². The van der Waals surface area contributed by atoms with Crippen LogP contribution in [0.2, 0.25) is 0 Å². The molecule has 4 N–H and O–H groups in total. The highest BCUT2D eigenvalue weighted by Gasteiger charge is 2.35. The van der Waals surface area contributed by atoms with Gasteiger partial charge >= 0.3 is 0 Å². The number of nitrogens with zero attached hydrogens (tertiary/aromatic N) is 1. The van der Waals surface area contributed by atoms with Crippen molar-refractivity contribution in [2.75, 3.05) is 13.1 Å². The van der Waals surface area contributed by atoms with E-state index in [9.17, 15) is 9.59 Å².